The molecule has 1 aromatic carbocycles. The van der Waals surface area contributed by atoms with Crippen LogP contribution in [0.25, 0.3) is 0 Å². The van der Waals surface area contributed by atoms with Crippen molar-refractivity contribution in [1.82, 2.24) is 19.6 Å². The number of rotatable bonds is 4. The second kappa shape index (κ2) is 6.66. The van der Waals surface area contributed by atoms with Crippen LogP contribution in [0.5, 0.6) is 0 Å². The van der Waals surface area contributed by atoms with E-state index in [1.807, 2.05) is 31.2 Å². The Morgan fingerprint density at radius 3 is 2.54 bits per heavy atom. The number of halogens is 3. The molecule has 9 heteroatoms. The number of nitrogens with zero attached hydrogens (tertiary/aromatic N) is 4. The number of hydrogen-bond acceptors (Lipinski definition) is 3. The van der Waals surface area contributed by atoms with Gasteiger partial charge in [0.15, 0.2) is 5.69 Å². The van der Waals surface area contributed by atoms with Gasteiger partial charge >= 0.3 is 6.18 Å². The minimum absolute atomic E-state index is 0.314. The van der Waals surface area contributed by atoms with E-state index in [0.29, 0.717) is 23.0 Å². The molecule has 0 aliphatic heterocycles. The SMILES string of the molecule is Cc1ccc(Cn2cc(NC(=O)c3cc(C(F)(F)F)n(C)n3)cn2)cc1. The van der Waals surface area contributed by atoms with Crippen LogP contribution in [-0.4, -0.2) is 25.5 Å². The fourth-order valence-corrected chi connectivity index (χ4v) is 2.43. The molecule has 136 valence electrons. The van der Waals surface area contributed by atoms with Crippen LogP contribution in [0, 0.1) is 6.92 Å². The number of benzene rings is 1. The Kier molecular flexibility index (Phi) is 4.54. The molecule has 1 amide bonds. The van der Waals surface area contributed by atoms with Crippen molar-refractivity contribution in [3.8, 4) is 0 Å². The zero-order chi connectivity index (χ0) is 18.9. The Hall–Kier alpha value is -3.10. The number of aryl methyl sites for hydroxylation is 2. The minimum atomic E-state index is -4.57. The summed E-state index contributed by atoms with van der Waals surface area (Å²) < 4.78 is 40.6. The highest BCUT2D eigenvalue weighted by Crippen LogP contribution is 2.29. The standard InChI is InChI=1S/C17H16F3N5O/c1-11-3-5-12(6-4-11)9-25-10-13(8-21-25)22-16(26)14-7-15(17(18,19)20)24(2)23-14/h3-8,10H,9H2,1-2H3,(H,22,26). The molecule has 3 rings (SSSR count). The van der Waals surface area contributed by atoms with E-state index >= 15 is 0 Å². The lowest BCUT2D eigenvalue weighted by atomic mass is 10.1. The Bertz CT molecular complexity index is 925. The van der Waals surface area contributed by atoms with Gasteiger partial charge in [0.2, 0.25) is 0 Å². The molecule has 2 heterocycles. The molecule has 0 fully saturated rings. The third-order valence-electron chi connectivity index (χ3n) is 3.76. The number of carbonyl (C=O) groups is 1. The third kappa shape index (κ3) is 3.93. The van der Waals surface area contributed by atoms with Gasteiger partial charge in [-0.3, -0.25) is 14.2 Å². The first-order valence-corrected chi connectivity index (χ1v) is 7.73. The maximum Gasteiger partial charge on any atom is 0.433 e. The number of aromatic nitrogens is 4. The molecule has 0 atom stereocenters. The summed E-state index contributed by atoms with van der Waals surface area (Å²) >= 11 is 0. The summed E-state index contributed by atoms with van der Waals surface area (Å²) in [5.74, 6) is -0.731. The molecule has 2 aromatic heterocycles. The summed E-state index contributed by atoms with van der Waals surface area (Å²) in [6.07, 6.45) is -1.54. The molecule has 0 bridgehead atoms. The Labute approximate surface area is 147 Å². The van der Waals surface area contributed by atoms with Gasteiger partial charge in [-0.1, -0.05) is 29.8 Å². The molecule has 0 radical (unpaired) electrons. The van der Waals surface area contributed by atoms with Gasteiger partial charge in [0.05, 0.1) is 18.4 Å². The fourth-order valence-electron chi connectivity index (χ4n) is 2.43. The van der Waals surface area contributed by atoms with E-state index in [2.05, 4.69) is 15.5 Å². The first-order valence-electron chi connectivity index (χ1n) is 7.73. The second-order valence-corrected chi connectivity index (χ2v) is 5.90. The molecule has 0 saturated heterocycles. The van der Waals surface area contributed by atoms with E-state index in [4.69, 9.17) is 0 Å². The Morgan fingerprint density at radius 2 is 1.92 bits per heavy atom. The van der Waals surface area contributed by atoms with E-state index in [1.54, 1.807) is 10.9 Å². The maximum absolute atomic E-state index is 12.8. The molecule has 0 aliphatic carbocycles. The minimum Gasteiger partial charge on any atom is -0.318 e. The highest BCUT2D eigenvalue weighted by Gasteiger charge is 2.35. The van der Waals surface area contributed by atoms with Crippen molar-refractivity contribution in [1.29, 1.82) is 0 Å². The largest absolute Gasteiger partial charge is 0.433 e. The topological polar surface area (TPSA) is 64.7 Å². The molecule has 3 aromatic rings. The normalized spacial score (nSPS) is 11.6. The van der Waals surface area contributed by atoms with E-state index < -0.39 is 17.8 Å². The van der Waals surface area contributed by atoms with E-state index in [9.17, 15) is 18.0 Å². The smallest absolute Gasteiger partial charge is 0.318 e. The summed E-state index contributed by atoms with van der Waals surface area (Å²) in [5.41, 5.74) is 1.26. The van der Waals surface area contributed by atoms with Gasteiger partial charge in [-0.25, -0.2) is 0 Å². The van der Waals surface area contributed by atoms with Crippen molar-refractivity contribution in [3.63, 3.8) is 0 Å². The quantitative estimate of drug-likeness (QED) is 0.774. The van der Waals surface area contributed by atoms with Crippen molar-refractivity contribution in [2.75, 3.05) is 5.32 Å². The first kappa shape index (κ1) is 17.7. The summed E-state index contributed by atoms with van der Waals surface area (Å²) in [5, 5.41) is 10.3. The molecule has 6 nitrogen and oxygen atoms in total. The van der Waals surface area contributed by atoms with Crippen LogP contribution in [0.2, 0.25) is 0 Å². The summed E-state index contributed by atoms with van der Waals surface area (Å²) in [4.78, 5) is 12.1. The van der Waals surface area contributed by atoms with Crippen LogP contribution < -0.4 is 5.32 Å². The van der Waals surface area contributed by atoms with E-state index in [-0.39, 0.29) is 5.69 Å². The number of carbonyl (C=O) groups excluding carboxylic acids is 1. The number of alkyl halides is 3. The van der Waals surface area contributed by atoms with Crippen molar-refractivity contribution < 1.29 is 18.0 Å². The zero-order valence-electron chi connectivity index (χ0n) is 14.1. The molecule has 0 spiro atoms. The first-order chi connectivity index (χ1) is 12.2. The van der Waals surface area contributed by atoms with Crippen molar-refractivity contribution >= 4 is 11.6 Å². The lowest BCUT2D eigenvalue weighted by Gasteiger charge is -2.04. The van der Waals surface area contributed by atoms with Crippen molar-refractivity contribution in [2.45, 2.75) is 19.6 Å². The third-order valence-corrected chi connectivity index (χ3v) is 3.76. The van der Waals surface area contributed by atoms with Gasteiger partial charge in [0.1, 0.15) is 5.69 Å². The van der Waals surface area contributed by atoms with Crippen molar-refractivity contribution in [2.24, 2.45) is 7.05 Å². The van der Waals surface area contributed by atoms with Crippen LogP contribution in [0.15, 0.2) is 42.7 Å². The summed E-state index contributed by atoms with van der Waals surface area (Å²) in [7, 11) is 1.14. The monoisotopic (exact) mass is 363 g/mol. The molecule has 0 aliphatic rings. The highest BCUT2D eigenvalue weighted by atomic mass is 19.4. The van der Waals surface area contributed by atoms with Crippen LogP contribution in [-0.2, 0) is 19.8 Å². The molecule has 1 N–H and O–H groups in total. The Balaban J connectivity index is 1.69. The summed E-state index contributed by atoms with van der Waals surface area (Å²) in [6.45, 7) is 2.51. The molecule has 0 saturated carbocycles. The van der Waals surface area contributed by atoms with E-state index in [0.717, 1.165) is 18.2 Å². The van der Waals surface area contributed by atoms with Gasteiger partial charge < -0.3 is 5.32 Å². The van der Waals surface area contributed by atoms with Crippen LogP contribution in [0.1, 0.15) is 27.3 Å². The highest BCUT2D eigenvalue weighted by molar-refractivity contribution is 6.02. The number of nitrogens with one attached hydrogen (secondary N) is 1. The van der Waals surface area contributed by atoms with E-state index in [1.165, 1.54) is 6.20 Å². The average Bonchev–Trinajstić information content (AvgIpc) is 3.16. The van der Waals surface area contributed by atoms with Crippen molar-refractivity contribution in [3.05, 3.63) is 65.2 Å². The predicted molar refractivity (Wildman–Crippen MR) is 88.7 cm³/mol. The van der Waals surface area contributed by atoms with Gasteiger partial charge in [-0.2, -0.15) is 23.4 Å². The average molecular weight is 363 g/mol. The van der Waals surface area contributed by atoms with Crippen LogP contribution in [0.4, 0.5) is 18.9 Å². The van der Waals surface area contributed by atoms with Crippen LogP contribution >= 0.6 is 0 Å². The summed E-state index contributed by atoms with van der Waals surface area (Å²) in [6, 6.07) is 8.64. The molecular formula is C17H16F3N5O. The lowest BCUT2D eigenvalue weighted by molar-refractivity contribution is -0.143. The predicted octanol–water partition coefficient (Wildman–Crippen LogP) is 3.24. The van der Waals surface area contributed by atoms with Gasteiger partial charge in [-0.05, 0) is 12.5 Å². The molecule has 0 unspecified atom stereocenters. The van der Waals surface area contributed by atoms with Gasteiger partial charge in [0.25, 0.3) is 5.91 Å². The Morgan fingerprint density at radius 1 is 1.23 bits per heavy atom. The molecule has 26 heavy (non-hydrogen) atoms. The van der Waals surface area contributed by atoms with Gasteiger partial charge in [-0.15, -0.1) is 0 Å². The maximum atomic E-state index is 12.8. The number of amides is 1. The second-order valence-electron chi connectivity index (χ2n) is 5.90. The zero-order valence-corrected chi connectivity index (χ0v) is 14.1. The van der Waals surface area contributed by atoms with Crippen LogP contribution in [0.3, 0.4) is 0 Å². The lowest BCUT2D eigenvalue weighted by Crippen LogP contribution is -2.12. The fraction of sp³-hybridized carbons (Fsp3) is 0.235. The molecular weight excluding hydrogens is 347 g/mol. The number of hydrogen-bond donors (Lipinski definition) is 1. The van der Waals surface area contributed by atoms with Gasteiger partial charge in [0, 0.05) is 19.3 Å². The number of anilines is 1.